The van der Waals surface area contributed by atoms with Gasteiger partial charge in [0.2, 0.25) is 0 Å². The van der Waals surface area contributed by atoms with Gasteiger partial charge in [-0.15, -0.1) is 11.6 Å². The zero-order chi connectivity index (χ0) is 14.4. The standard InChI is InChI=1S/C15H18ClNO3/c1-2-19-15(18)11-20-13-4-5-14-12(10-13)6-9-17(14)8-3-7-16/h4-6,9-10H,2-3,7-8,11H2,1H3. The van der Waals surface area contributed by atoms with Crippen LogP contribution in [0.15, 0.2) is 30.5 Å². The van der Waals surface area contributed by atoms with Crippen LogP contribution < -0.4 is 4.74 Å². The Morgan fingerprint density at radius 1 is 1.35 bits per heavy atom. The SMILES string of the molecule is CCOC(=O)COc1ccc2c(ccn2CCCCl)c1. The average molecular weight is 296 g/mol. The van der Waals surface area contributed by atoms with E-state index in [1.54, 1.807) is 6.92 Å². The molecule has 0 radical (unpaired) electrons. The lowest BCUT2D eigenvalue weighted by molar-refractivity contribution is -0.145. The zero-order valence-electron chi connectivity index (χ0n) is 11.5. The Morgan fingerprint density at radius 2 is 2.20 bits per heavy atom. The molecule has 0 saturated heterocycles. The van der Waals surface area contributed by atoms with Crippen LogP contribution in [0.5, 0.6) is 5.75 Å². The van der Waals surface area contributed by atoms with Crippen LogP contribution in [0.2, 0.25) is 0 Å². The molecule has 0 bridgehead atoms. The van der Waals surface area contributed by atoms with E-state index in [-0.39, 0.29) is 12.6 Å². The third-order valence-corrected chi connectivity index (χ3v) is 3.20. The van der Waals surface area contributed by atoms with E-state index in [1.807, 2.05) is 30.5 Å². The molecule has 0 unspecified atom stereocenters. The highest BCUT2D eigenvalue weighted by atomic mass is 35.5. The number of hydrogen-bond donors (Lipinski definition) is 0. The van der Waals surface area contributed by atoms with Gasteiger partial charge in [-0.2, -0.15) is 0 Å². The van der Waals surface area contributed by atoms with E-state index in [0.29, 0.717) is 18.2 Å². The molecule has 0 fully saturated rings. The molecular formula is C15H18ClNO3. The normalized spacial score (nSPS) is 10.7. The van der Waals surface area contributed by atoms with Crippen molar-refractivity contribution in [1.29, 1.82) is 0 Å². The summed E-state index contributed by atoms with van der Waals surface area (Å²) in [6, 6.07) is 7.80. The molecule has 5 heteroatoms. The van der Waals surface area contributed by atoms with Gasteiger partial charge in [-0.25, -0.2) is 4.79 Å². The van der Waals surface area contributed by atoms with Crippen molar-refractivity contribution in [3.63, 3.8) is 0 Å². The average Bonchev–Trinajstić information content (AvgIpc) is 2.85. The van der Waals surface area contributed by atoms with Gasteiger partial charge in [-0.1, -0.05) is 0 Å². The number of benzene rings is 1. The van der Waals surface area contributed by atoms with Gasteiger partial charge in [0, 0.05) is 29.5 Å². The number of halogens is 1. The van der Waals surface area contributed by atoms with Gasteiger partial charge >= 0.3 is 5.97 Å². The molecule has 0 amide bonds. The second-order valence-corrected chi connectivity index (χ2v) is 4.74. The first-order valence-electron chi connectivity index (χ1n) is 6.68. The fourth-order valence-corrected chi connectivity index (χ4v) is 2.16. The lowest BCUT2D eigenvalue weighted by Crippen LogP contribution is -2.14. The van der Waals surface area contributed by atoms with E-state index in [9.17, 15) is 4.79 Å². The van der Waals surface area contributed by atoms with Crippen molar-refractivity contribution >= 4 is 28.5 Å². The lowest BCUT2D eigenvalue weighted by atomic mass is 10.2. The minimum Gasteiger partial charge on any atom is -0.482 e. The van der Waals surface area contributed by atoms with Crippen molar-refractivity contribution in [2.24, 2.45) is 0 Å². The zero-order valence-corrected chi connectivity index (χ0v) is 12.2. The number of fused-ring (bicyclic) bond motifs is 1. The Balaban J connectivity index is 2.04. The van der Waals surface area contributed by atoms with E-state index in [1.165, 1.54) is 0 Å². The first-order valence-corrected chi connectivity index (χ1v) is 7.21. The van der Waals surface area contributed by atoms with Gasteiger partial charge < -0.3 is 14.0 Å². The number of rotatable bonds is 7. The van der Waals surface area contributed by atoms with Gasteiger partial charge in [-0.3, -0.25) is 0 Å². The number of esters is 1. The first kappa shape index (κ1) is 14.7. The van der Waals surface area contributed by atoms with Crippen LogP contribution in [-0.2, 0) is 16.1 Å². The molecule has 2 aromatic rings. The molecule has 1 aromatic heterocycles. The fourth-order valence-electron chi connectivity index (χ4n) is 2.04. The van der Waals surface area contributed by atoms with E-state index in [2.05, 4.69) is 4.57 Å². The Kier molecular flexibility index (Phi) is 5.30. The number of hydrogen-bond acceptors (Lipinski definition) is 3. The summed E-state index contributed by atoms with van der Waals surface area (Å²) in [5.41, 5.74) is 1.14. The molecule has 0 N–H and O–H groups in total. The largest absolute Gasteiger partial charge is 0.482 e. The molecular weight excluding hydrogens is 278 g/mol. The Hall–Kier alpha value is -1.68. The maximum atomic E-state index is 11.2. The molecule has 20 heavy (non-hydrogen) atoms. The molecule has 4 nitrogen and oxygen atoms in total. The van der Waals surface area contributed by atoms with Gasteiger partial charge in [0.25, 0.3) is 0 Å². The van der Waals surface area contributed by atoms with Crippen molar-refractivity contribution in [2.45, 2.75) is 19.9 Å². The van der Waals surface area contributed by atoms with Crippen LogP contribution in [0.25, 0.3) is 10.9 Å². The summed E-state index contributed by atoms with van der Waals surface area (Å²) in [6.45, 7) is 2.97. The van der Waals surface area contributed by atoms with Crippen molar-refractivity contribution in [1.82, 2.24) is 4.57 Å². The first-order chi connectivity index (χ1) is 9.74. The van der Waals surface area contributed by atoms with Crippen LogP contribution in [0, 0.1) is 0 Å². The predicted octanol–water partition coefficient (Wildman–Crippen LogP) is 3.21. The van der Waals surface area contributed by atoms with Crippen LogP contribution >= 0.6 is 11.6 Å². The van der Waals surface area contributed by atoms with Crippen LogP contribution in [0.1, 0.15) is 13.3 Å². The molecule has 0 atom stereocenters. The summed E-state index contributed by atoms with van der Waals surface area (Å²) in [5, 5.41) is 1.08. The minimum absolute atomic E-state index is 0.0632. The van der Waals surface area contributed by atoms with Crippen molar-refractivity contribution in [3.8, 4) is 5.75 Å². The predicted molar refractivity (Wildman–Crippen MR) is 79.4 cm³/mol. The number of nitrogens with zero attached hydrogens (tertiary/aromatic N) is 1. The van der Waals surface area contributed by atoms with E-state index in [0.717, 1.165) is 23.9 Å². The smallest absolute Gasteiger partial charge is 0.344 e. The maximum Gasteiger partial charge on any atom is 0.344 e. The summed E-state index contributed by atoms with van der Waals surface area (Å²) >= 11 is 5.71. The summed E-state index contributed by atoms with van der Waals surface area (Å²) in [5.74, 6) is 0.966. The van der Waals surface area contributed by atoms with Gasteiger partial charge in [-0.05, 0) is 37.6 Å². The molecule has 0 spiro atoms. The second-order valence-electron chi connectivity index (χ2n) is 4.37. The number of ether oxygens (including phenoxy) is 2. The minimum atomic E-state index is -0.354. The van der Waals surface area contributed by atoms with Crippen LogP contribution in [-0.4, -0.2) is 29.6 Å². The Bertz CT molecular complexity index is 580. The van der Waals surface area contributed by atoms with Crippen molar-refractivity contribution in [2.75, 3.05) is 19.1 Å². The molecule has 1 aromatic carbocycles. The van der Waals surface area contributed by atoms with Crippen LogP contribution in [0.4, 0.5) is 0 Å². The van der Waals surface area contributed by atoms with E-state index < -0.39 is 0 Å². The molecule has 1 heterocycles. The highest BCUT2D eigenvalue weighted by Crippen LogP contribution is 2.22. The number of carbonyl (C=O) groups is 1. The molecule has 2 rings (SSSR count). The Labute approximate surface area is 123 Å². The third kappa shape index (κ3) is 3.67. The number of alkyl halides is 1. The van der Waals surface area contributed by atoms with E-state index in [4.69, 9.17) is 21.1 Å². The highest BCUT2D eigenvalue weighted by molar-refractivity contribution is 6.17. The van der Waals surface area contributed by atoms with Gasteiger partial charge in [0.05, 0.1) is 6.61 Å². The fraction of sp³-hybridized carbons (Fsp3) is 0.400. The third-order valence-electron chi connectivity index (χ3n) is 2.94. The summed E-state index contributed by atoms with van der Waals surface area (Å²) < 4.78 is 12.4. The Morgan fingerprint density at radius 3 is 2.95 bits per heavy atom. The number of aromatic nitrogens is 1. The van der Waals surface area contributed by atoms with Crippen LogP contribution in [0.3, 0.4) is 0 Å². The van der Waals surface area contributed by atoms with Crippen molar-refractivity contribution < 1.29 is 14.3 Å². The summed E-state index contributed by atoms with van der Waals surface area (Å²) in [6.07, 6.45) is 2.97. The number of carbonyl (C=O) groups excluding carboxylic acids is 1. The highest BCUT2D eigenvalue weighted by Gasteiger charge is 2.05. The molecule has 108 valence electrons. The maximum absolute atomic E-state index is 11.2. The van der Waals surface area contributed by atoms with Crippen molar-refractivity contribution in [3.05, 3.63) is 30.5 Å². The van der Waals surface area contributed by atoms with Gasteiger partial charge in [0.15, 0.2) is 6.61 Å². The lowest BCUT2D eigenvalue weighted by Gasteiger charge is -2.07. The van der Waals surface area contributed by atoms with E-state index >= 15 is 0 Å². The second kappa shape index (κ2) is 7.20. The molecule has 0 saturated carbocycles. The quantitative estimate of drug-likeness (QED) is 0.582. The topological polar surface area (TPSA) is 40.5 Å². The number of aryl methyl sites for hydroxylation is 1. The summed E-state index contributed by atoms with van der Waals surface area (Å²) in [4.78, 5) is 11.2. The molecule has 0 aliphatic rings. The monoisotopic (exact) mass is 295 g/mol. The summed E-state index contributed by atoms with van der Waals surface area (Å²) in [7, 11) is 0. The molecule has 0 aliphatic carbocycles. The van der Waals surface area contributed by atoms with Gasteiger partial charge in [0.1, 0.15) is 5.75 Å². The molecule has 0 aliphatic heterocycles.